The summed E-state index contributed by atoms with van der Waals surface area (Å²) in [5.74, 6) is -1.04. The highest BCUT2D eigenvalue weighted by Crippen LogP contribution is 2.42. The Hall–Kier alpha value is -1.04. The van der Waals surface area contributed by atoms with Crippen LogP contribution >= 0.6 is 0 Å². The number of aryl methyl sites for hydroxylation is 1. The summed E-state index contributed by atoms with van der Waals surface area (Å²) in [6, 6.07) is 1.58. The molecule has 0 amide bonds. The minimum atomic E-state index is -4.06. The van der Waals surface area contributed by atoms with Crippen molar-refractivity contribution in [2.24, 2.45) is 24.6 Å². The zero-order chi connectivity index (χ0) is 13.3. The maximum atomic E-state index is 12.5. The van der Waals surface area contributed by atoms with Gasteiger partial charge in [0, 0.05) is 13.2 Å². The SMILES string of the molecule is Cn1ccc(C(N)C2CCC(C(F)(F)F)CC2)n1. The van der Waals surface area contributed by atoms with Gasteiger partial charge in [-0.1, -0.05) is 0 Å². The maximum Gasteiger partial charge on any atom is 0.391 e. The van der Waals surface area contributed by atoms with Gasteiger partial charge in [-0.2, -0.15) is 18.3 Å². The molecule has 102 valence electrons. The molecule has 1 aromatic rings. The topological polar surface area (TPSA) is 43.8 Å². The first-order valence-electron chi connectivity index (χ1n) is 6.19. The van der Waals surface area contributed by atoms with Gasteiger partial charge in [-0.15, -0.1) is 0 Å². The number of hydrogen-bond donors (Lipinski definition) is 1. The number of hydrogen-bond acceptors (Lipinski definition) is 2. The van der Waals surface area contributed by atoms with Crippen LogP contribution in [-0.4, -0.2) is 16.0 Å². The molecule has 1 aromatic heterocycles. The first kappa shape index (κ1) is 13.4. The molecule has 1 unspecified atom stereocenters. The van der Waals surface area contributed by atoms with E-state index in [-0.39, 0.29) is 24.8 Å². The van der Waals surface area contributed by atoms with E-state index in [0.29, 0.717) is 12.8 Å². The Labute approximate surface area is 104 Å². The minimum absolute atomic E-state index is 0.110. The van der Waals surface area contributed by atoms with Gasteiger partial charge in [0.05, 0.1) is 17.7 Å². The highest BCUT2D eigenvalue weighted by Gasteiger charge is 2.42. The van der Waals surface area contributed by atoms with Crippen LogP contribution in [0.5, 0.6) is 0 Å². The van der Waals surface area contributed by atoms with Crippen molar-refractivity contribution in [1.29, 1.82) is 0 Å². The lowest BCUT2D eigenvalue weighted by Crippen LogP contribution is -2.32. The van der Waals surface area contributed by atoms with Crippen LogP contribution < -0.4 is 5.73 Å². The highest BCUT2D eigenvalue weighted by molar-refractivity contribution is 5.06. The monoisotopic (exact) mass is 261 g/mol. The van der Waals surface area contributed by atoms with Crippen LogP contribution in [0, 0.1) is 11.8 Å². The molecular weight excluding hydrogens is 243 g/mol. The van der Waals surface area contributed by atoms with Crippen molar-refractivity contribution >= 4 is 0 Å². The van der Waals surface area contributed by atoms with Gasteiger partial charge in [0.25, 0.3) is 0 Å². The molecular formula is C12H18F3N3. The second-order valence-corrected chi connectivity index (χ2v) is 5.09. The third-order valence-electron chi connectivity index (χ3n) is 3.82. The van der Waals surface area contributed by atoms with E-state index < -0.39 is 12.1 Å². The Morgan fingerprint density at radius 1 is 1.33 bits per heavy atom. The summed E-state index contributed by atoms with van der Waals surface area (Å²) in [5.41, 5.74) is 6.85. The van der Waals surface area contributed by atoms with Crippen molar-refractivity contribution in [3.63, 3.8) is 0 Å². The number of aromatic nitrogens is 2. The quantitative estimate of drug-likeness (QED) is 0.889. The number of alkyl halides is 3. The fourth-order valence-corrected chi connectivity index (χ4v) is 2.66. The average molecular weight is 261 g/mol. The van der Waals surface area contributed by atoms with Gasteiger partial charge in [-0.3, -0.25) is 4.68 Å². The number of nitrogens with two attached hydrogens (primary N) is 1. The molecule has 1 heterocycles. The van der Waals surface area contributed by atoms with E-state index in [2.05, 4.69) is 5.10 Å². The number of halogens is 3. The molecule has 1 atom stereocenters. The summed E-state index contributed by atoms with van der Waals surface area (Å²) in [4.78, 5) is 0. The van der Waals surface area contributed by atoms with Crippen molar-refractivity contribution in [2.75, 3.05) is 0 Å². The molecule has 18 heavy (non-hydrogen) atoms. The molecule has 1 saturated carbocycles. The van der Waals surface area contributed by atoms with Crippen LogP contribution in [0.4, 0.5) is 13.2 Å². The second kappa shape index (κ2) is 4.91. The smallest absolute Gasteiger partial charge is 0.322 e. The molecule has 0 saturated heterocycles. The summed E-state index contributed by atoms with van der Waals surface area (Å²) < 4.78 is 39.3. The summed E-state index contributed by atoms with van der Waals surface area (Å²) in [6.45, 7) is 0. The Bertz CT molecular complexity index is 392. The van der Waals surface area contributed by atoms with Crippen molar-refractivity contribution in [2.45, 2.75) is 37.9 Å². The van der Waals surface area contributed by atoms with Gasteiger partial charge in [-0.25, -0.2) is 0 Å². The first-order valence-corrected chi connectivity index (χ1v) is 6.19. The van der Waals surface area contributed by atoms with Crippen molar-refractivity contribution < 1.29 is 13.2 Å². The Kier molecular flexibility index (Phi) is 3.66. The zero-order valence-corrected chi connectivity index (χ0v) is 10.3. The molecule has 2 N–H and O–H groups in total. The molecule has 6 heteroatoms. The van der Waals surface area contributed by atoms with E-state index in [0.717, 1.165) is 5.69 Å². The molecule has 3 nitrogen and oxygen atoms in total. The highest BCUT2D eigenvalue weighted by atomic mass is 19.4. The predicted molar refractivity (Wildman–Crippen MR) is 61.6 cm³/mol. The van der Waals surface area contributed by atoms with Crippen LogP contribution in [0.25, 0.3) is 0 Å². The van der Waals surface area contributed by atoms with Gasteiger partial charge >= 0.3 is 6.18 Å². The van der Waals surface area contributed by atoms with Crippen LogP contribution in [0.1, 0.15) is 37.4 Å². The zero-order valence-electron chi connectivity index (χ0n) is 10.3. The summed E-state index contributed by atoms with van der Waals surface area (Å²) in [5, 5.41) is 4.22. The van der Waals surface area contributed by atoms with Crippen molar-refractivity contribution in [3.8, 4) is 0 Å². The van der Waals surface area contributed by atoms with E-state index in [1.807, 2.05) is 6.07 Å². The fraction of sp³-hybridized carbons (Fsp3) is 0.750. The van der Waals surface area contributed by atoms with Crippen LogP contribution in [-0.2, 0) is 7.05 Å². The van der Waals surface area contributed by atoms with Gasteiger partial charge in [-0.05, 0) is 37.7 Å². The predicted octanol–water partition coefficient (Wildman–Crippen LogP) is 2.79. The third-order valence-corrected chi connectivity index (χ3v) is 3.82. The number of nitrogens with zero attached hydrogens (tertiary/aromatic N) is 2. The molecule has 2 rings (SSSR count). The largest absolute Gasteiger partial charge is 0.391 e. The lowest BCUT2D eigenvalue weighted by atomic mass is 9.78. The molecule has 0 aliphatic heterocycles. The standard InChI is InChI=1S/C12H18F3N3/c1-18-7-6-10(17-18)11(16)8-2-4-9(5-3-8)12(13,14)15/h6-9,11H,2-5,16H2,1H3. The van der Waals surface area contributed by atoms with E-state index >= 15 is 0 Å². The fourth-order valence-electron chi connectivity index (χ4n) is 2.66. The van der Waals surface area contributed by atoms with Crippen molar-refractivity contribution in [3.05, 3.63) is 18.0 Å². The first-order chi connectivity index (χ1) is 8.38. The lowest BCUT2D eigenvalue weighted by molar-refractivity contribution is -0.184. The second-order valence-electron chi connectivity index (χ2n) is 5.09. The van der Waals surface area contributed by atoms with Gasteiger partial charge < -0.3 is 5.73 Å². The van der Waals surface area contributed by atoms with E-state index in [4.69, 9.17) is 5.73 Å². The summed E-state index contributed by atoms with van der Waals surface area (Å²) in [6.07, 6.45) is -0.816. The molecule has 0 aromatic carbocycles. The van der Waals surface area contributed by atoms with E-state index in [1.165, 1.54) is 0 Å². The molecule has 1 fully saturated rings. The van der Waals surface area contributed by atoms with Gasteiger partial charge in [0.2, 0.25) is 0 Å². The molecule has 0 spiro atoms. The third kappa shape index (κ3) is 2.85. The summed E-state index contributed by atoms with van der Waals surface area (Å²) >= 11 is 0. The normalized spacial score (nSPS) is 27.2. The molecule has 1 aliphatic rings. The summed E-state index contributed by atoms with van der Waals surface area (Å²) in [7, 11) is 1.80. The maximum absolute atomic E-state index is 12.5. The lowest BCUT2D eigenvalue weighted by Gasteiger charge is -2.32. The average Bonchev–Trinajstić information content (AvgIpc) is 2.74. The van der Waals surface area contributed by atoms with E-state index in [9.17, 15) is 13.2 Å². The van der Waals surface area contributed by atoms with Crippen molar-refractivity contribution in [1.82, 2.24) is 9.78 Å². The molecule has 0 bridgehead atoms. The van der Waals surface area contributed by atoms with Crippen LogP contribution in [0.2, 0.25) is 0 Å². The van der Waals surface area contributed by atoms with E-state index in [1.54, 1.807) is 17.9 Å². The Morgan fingerprint density at radius 3 is 2.39 bits per heavy atom. The molecule has 0 radical (unpaired) electrons. The van der Waals surface area contributed by atoms with Gasteiger partial charge in [0.15, 0.2) is 0 Å². The van der Waals surface area contributed by atoms with Crippen LogP contribution in [0.3, 0.4) is 0 Å². The Balaban J connectivity index is 1.94. The number of rotatable bonds is 2. The van der Waals surface area contributed by atoms with Crippen LogP contribution in [0.15, 0.2) is 12.3 Å². The van der Waals surface area contributed by atoms with Gasteiger partial charge in [0.1, 0.15) is 0 Å². The molecule has 1 aliphatic carbocycles. The Morgan fingerprint density at radius 2 is 1.94 bits per heavy atom. The minimum Gasteiger partial charge on any atom is -0.322 e.